The molecule has 0 amide bonds. The molecule has 1 aromatic heterocycles. The largest absolute Gasteiger partial charge is 0.398 e. The van der Waals surface area contributed by atoms with Crippen LogP contribution in [-0.4, -0.2) is 30.3 Å². The number of pyridine rings is 1. The summed E-state index contributed by atoms with van der Waals surface area (Å²) in [5.41, 5.74) is 5.97. The van der Waals surface area contributed by atoms with Crippen LogP contribution in [-0.2, 0) is 10.0 Å². The van der Waals surface area contributed by atoms with Gasteiger partial charge < -0.3 is 5.73 Å². The Kier molecular flexibility index (Phi) is 4.70. The lowest BCUT2D eigenvalue weighted by Crippen LogP contribution is -2.39. The summed E-state index contributed by atoms with van der Waals surface area (Å²) in [7, 11) is -3.58. The van der Waals surface area contributed by atoms with E-state index in [1.807, 2.05) is 27.7 Å². The number of hydrogen-bond acceptors (Lipinski definition) is 4. The van der Waals surface area contributed by atoms with Gasteiger partial charge in [-0.15, -0.1) is 0 Å². The van der Waals surface area contributed by atoms with Crippen molar-refractivity contribution in [2.75, 3.05) is 12.3 Å². The van der Waals surface area contributed by atoms with Gasteiger partial charge in [0.05, 0.1) is 5.69 Å². The molecule has 0 saturated heterocycles. The molecule has 0 aromatic carbocycles. The molecule has 0 fully saturated rings. The number of sulfonamides is 1. The van der Waals surface area contributed by atoms with Gasteiger partial charge in [0.1, 0.15) is 4.90 Å². The quantitative estimate of drug-likeness (QED) is 0.884. The predicted molar refractivity (Wildman–Crippen MR) is 72.5 cm³/mol. The zero-order chi connectivity index (χ0) is 13.9. The summed E-state index contributed by atoms with van der Waals surface area (Å²) in [5.74, 6) is 0.250. The minimum atomic E-state index is -3.58. The summed E-state index contributed by atoms with van der Waals surface area (Å²) in [4.78, 5) is 3.93. The summed E-state index contributed by atoms with van der Waals surface area (Å²) in [6, 6.07) is 1.39. The molecular weight excluding hydrogens is 250 g/mol. The van der Waals surface area contributed by atoms with Gasteiger partial charge in [0, 0.05) is 25.0 Å². The van der Waals surface area contributed by atoms with Gasteiger partial charge in [-0.3, -0.25) is 4.98 Å². The molecule has 0 aliphatic heterocycles. The highest BCUT2D eigenvalue weighted by Gasteiger charge is 2.29. The SMILES string of the molecule is CC(C)CN(C(C)C)S(=O)(=O)c1cnccc1N. The van der Waals surface area contributed by atoms with E-state index < -0.39 is 10.0 Å². The molecule has 0 unspecified atom stereocenters. The monoisotopic (exact) mass is 271 g/mol. The second kappa shape index (κ2) is 5.67. The standard InChI is InChI=1S/C12H21N3O2S/c1-9(2)8-15(10(3)4)18(16,17)12-7-14-6-5-11(12)13/h5-7,9-10H,8H2,1-4H3,(H2,13,14). The third kappa shape index (κ3) is 3.20. The van der Waals surface area contributed by atoms with Crippen molar-refractivity contribution in [3.8, 4) is 0 Å². The van der Waals surface area contributed by atoms with E-state index >= 15 is 0 Å². The Bertz CT molecular complexity index is 498. The van der Waals surface area contributed by atoms with E-state index in [0.29, 0.717) is 6.54 Å². The van der Waals surface area contributed by atoms with Crippen LogP contribution in [0.3, 0.4) is 0 Å². The molecule has 5 nitrogen and oxygen atoms in total. The molecule has 0 bridgehead atoms. The molecule has 0 saturated carbocycles. The fourth-order valence-corrected chi connectivity index (χ4v) is 3.54. The molecule has 2 N–H and O–H groups in total. The highest BCUT2D eigenvalue weighted by molar-refractivity contribution is 7.89. The van der Waals surface area contributed by atoms with E-state index in [1.165, 1.54) is 22.8 Å². The fraction of sp³-hybridized carbons (Fsp3) is 0.583. The van der Waals surface area contributed by atoms with Crippen molar-refractivity contribution < 1.29 is 8.42 Å². The van der Waals surface area contributed by atoms with Crippen LogP contribution in [0.5, 0.6) is 0 Å². The van der Waals surface area contributed by atoms with E-state index in [-0.39, 0.29) is 22.5 Å². The third-order valence-electron chi connectivity index (χ3n) is 2.52. The number of hydrogen-bond donors (Lipinski definition) is 1. The number of nitrogen functional groups attached to an aromatic ring is 1. The van der Waals surface area contributed by atoms with Crippen LogP contribution in [0.1, 0.15) is 27.7 Å². The smallest absolute Gasteiger partial charge is 0.246 e. The maximum atomic E-state index is 12.5. The fourth-order valence-electron chi connectivity index (χ4n) is 1.68. The van der Waals surface area contributed by atoms with E-state index in [9.17, 15) is 8.42 Å². The molecule has 102 valence electrons. The van der Waals surface area contributed by atoms with E-state index in [4.69, 9.17) is 5.73 Å². The Labute approximate surface area is 109 Å². The van der Waals surface area contributed by atoms with Crippen LogP contribution in [0, 0.1) is 5.92 Å². The molecule has 1 aromatic rings. The minimum Gasteiger partial charge on any atom is -0.398 e. The Morgan fingerprint density at radius 1 is 1.33 bits per heavy atom. The van der Waals surface area contributed by atoms with Gasteiger partial charge in [-0.1, -0.05) is 13.8 Å². The summed E-state index contributed by atoms with van der Waals surface area (Å²) in [6.07, 6.45) is 2.79. The Morgan fingerprint density at radius 3 is 2.39 bits per heavy atom. The lowest BCUT2D eigenvalue weighted by molar-refractivity contribution is 0.319. The first-order valence-electron chi connectivity index (χ1n) is 5.98. The third-order valence-corrected chi connectivity index (χ3v) is 4.61. The van der Waals surface area contributed by atoms with E-state index in [0.717, 1.165) is 0 Å². The van der Waals surface area contributed by atoms with E-state index in [2.05, 4.69) is 4.98 Å². The number of aromatic nitrogens is 1. The maximum absolute atomic E-state index is 12.5. The normalized spacial score (nSPS) is 12.6. The molecule has 0 radical (unpaired) electrons. The first kappa shape index (κ1) is 14.9. The van der Waals surface area contributed by atoms with Gasteiger partial charge in [0.15, 0.2) is 0 Å². The molecule has 0 atom stereocenters. The van der Waals surface area contributed by atoms with Crippen molar-refractivity contribution in [3.05, 3.63) is 18.5 Å². The second-order valence-corrected chi connectivity index (χ2v) is 6.83. The molecule has 1 heterocycles. The number of nitrogens with zero attached hydrogens (tertiary/aromatic N) is 2. The first-order chi connectivity index (χ1) is 8.26. The summed E-state index contributed by atoms with van der Waals surface area (Å²) in [6.45, 7) is 8.14. The van der Waals surface area contributed by atoms with Crippen molar-refractivity contribution >= 4 is 15.7 Å². The number of rotatable bonds is 5. The molecular formula is C12H21N3O2S. The zero-order valence-corrected chi connectivity index (χ0v) is 12.1. The van der Waals surface area contributed by atoms with Gasteiger partial charge in [0.25, 0.3) is 0 Å². The van der Waals surface area contributed by atoms with Gasteiger partial charge in [-0.25, -0.2) is 8.42 Å². The number of nitrogens with two attached hydrogens (primary N) is 1. The topological polar surface area (TPSA) is 76.3 Å². The summed E-state index contributed by atoms with van der Waals surface area (Å²) < 4.78 is 26.5. The van der Waals surface area contributed by atoms with Crippen molar-refractivity contribution in [3.63, 3.8) is 0 Å². The van der Waals surface area contributed by atoms with Crippen LogP contribution in [0.4, 0.5) is 5.69 Å². The van der Waals surface area contributed by atoms with E-state index in [1.54, 1.807) is 0 Å². The highest BCUT2D eigenvalue weighted by atomic mass is 32.2. The second-order valence-electron chi connectivity index (χ2n) is 4.98. The average molecular weight is 271 g/mol. The molecule has 0 aliphatic carbocycles. The van der Waals surface area contributed by atoms with Crippen LogP contribution >= 0.6 is 0 Å². The average Bonchev–Trinajstić information content (AvgIpc) is 2.25. The Hall–Kier alpha value is -1.14. The predicted octanol–water partition coefficient (Wildman–Crippen LogP) is 1.72. The number of anilines is 1. The van der Waals surface area contributed by atoms with Crippen molar-refractivity contribution in [1.82, 2.24) is 9.29 Å². The minimum absolute atomic E-state index is 0.0827. The van der Waals surface area contributed by atoms with Crippen LogP contribution in [0.25, 0.3) is 0 Å². The van der Waals surface area contributed by atoms with Crippen LogP contribution in [0.15, 0.2) is 23.4 Å². The zero-order valence-electron chi connectivity index (χ0n) is 11.3. The highest BCUT2D eigenvalue weighted by Crippen LogP contribution is 2.23. The Morgan fingerprint density at radius 2 is 1.94 bits per heavy atom. The lowest BCUT2D eigenvalue weighted by Gasteiger charge is -2.27. The van der Waals surface area contributed by atoms with Crippen LogP contribution in [0.2, 0.25) is 0 Å². The summed E-state index contributed by atoms with van der Waals surface area (Å²) >= 11 is 0. The van der Waals surface area contributed by atoms with Crippen molar-refractivity contribution in [2.45, 2.75) is 38.6 Å². The molecule has 1 rings (SSSR count). The van der Waals surface area contributed by atoms with Gasteiger partial charge >= 0.3 is 0 Å². The maximum Gasteiger partial charge on any atom is 0.246 e. The van der Waals surface area contributed by atoms with Gasteiger partial charge in [-0.2, -0.15) is 4.31 Å². The molecule has 18 heavy (non-hydrogen) atoms. The lowest BCUT2D eigenvalue weighted by atomic mass is 10.2. The first-order valence-corrected chi connectivity index (χ1v) is 7.42. The van der Waals surface area contributed by atoms with Crippen molar-refractivity contribution in [2.24, 2.45) is 5.92 Å². The molecule has 6 heteroatoms. The summed E-state index contributed by atoms with van der Waals surface area (Å²) in [5, 5.41) is 0. The van der Waals surface area contributed by atoms with Gasteiger partial charge in [-0.05, 0) is 25.8 Å². The van der Waals surface area contributed by atoms with Crippen LogP contribution < -0.4 is 5.73 Å². The molecule has 0 spiro atoms. The molecule has 0 aliphatic rings. The van der Waals surface area contributed by atoms with Crippen molar-refractivity contribution in [1.29, 1.82) is 0 Å². The Balaban J connectivity index is 3.22. The van der Waals surface area contributed by atoms with Gasteiger partial charge in [0.2, 0.25) is 10.0 Å².